The Morgan fingerprint density at radius 1 is 1.47 bits per heavy atom. The summed E-state index contributed by atoms with van der Waals surface area (Å²) in [6, 6.07) is 2.50. The number of rotatable bonds is 5. The van der Waals surface area contributed by atoms with Crippen LogP contribution in [0.15, 0.2) is 29.3 Å². The fraction of sp³-hybridized carbons (Fsp3) is 0.385. The summed E-state index contributed by atoms with van der Waals surface area (Å²) in [5, 5.41) is 10.0. The molecule has 1 unspecified atom stereocenters. The van der Waals surface area contributed by atoms with Gasteiger partial charge in [0.1, 0.15) is 11.6 Å². The molecule has 0 heterocycles. The molecule has 0 saturated heterocycles. The molecule has 0 bridgehead atoms. The van der Waals surface area contributed by atoms with Gasteiger partial charge in [0.05, 0.1) is 10.1 Å². The highest BCUT2D eigenvalue weighted by Gasteiger charge is 2.24. The number of allylic oxidation sites excluding steroid dienone is 1. The zero-order chi connectivity index (χ0) is 13.1. The molecule has 0 aliphatic rings. The summed E-state index contributed by atoms with van der Waals surface area (Å²) in [5.41, 5.74) is -1.23. The van der Waals surface area contributed by atoms with Crippen LogP contribution in [0.3, 0.4) is 0 Å². The Morgan fingerprint density at radius 2 is 2.12 bits per heavy atom. The predicted octanol–water partition coefficient (Wildman–Crippen LogP) is 3.99. The SMILES string of the molecule is C=CCCC(C)(O)Cc1c(F)ccc(Br)c1F. The second-order valence-corrected chi connectivity index (χ2v) is 5.18. The van der Waals surface area contributed by atoms with E-state index < -0.39 is 17.2 Å². The topological polar surface area (TPSA) is 20.2 Å². The average molecular weight is 305 g/mol. The molecular weight excluding hydrogens is 290 g/mol. The second kappa shape index (κ2) is 5.74. The first-order valence-corrected chi connectivity index (χ1v) is 6.12. The van der Waals surface area contributed by atoms with Crippen LogP contribution in [0.4, 0.5) is 8.78 Å². The average Bonchev–Trinajstić information content (AvgIpc) is 2.27. The lowest BCUT2D eigenvalue weighted by molar-refractivity contribution is 0.0505. The summed E-state index contributed by atoms with van der Waals surface area (Å²) in [6.07, 6.45) is 2.63. The molecule has 0 spiro atoms. The van der Waals surface area contributed by atoms with Gasteiger partial charge >= 0.3 is 0 Å². The maximum atomic E-state index is 13.7. The van der Waals surface area contributed by atoms with Crippen LogP contribution in [0.1, 0.15) is 25.3 Å². The molecule has 1 aromatic carbocycles. The Hall–Kier alpha value is -0.740. The number of halogens is 3. The summed E-state index contributed by atoms with van der Waals surface area (Å²) in [6.45, 7) is 5.12. The minimum Gasteiger partial charge on any atom is -0.390 e. The third kappa shape index (κ3) is 3.89. The molecule has 17 heavy (non-hydrogen) atoms. The van der Waals surface area contributed by atoms with Crippen molar-refractivity contribution in [2.24, 2.45) is 0 Å². The maximum absolute atomic E-state index is 13.7. The highest BCUT2D eigenvalue weighted by atomic mass is 79.9. The quantitative estimate of drug-likeness (QED) is 0.644. The van der Waals surface area contributed by atoms with Crippen LogP contribution in [0.25, 0.3) is 0 Å². The molecule has 1 N–H and O–H groups in total. The van der Waals surface area contributed by atoms with Crippen molar-refractivity contribution < 1.29 is 13.9 Å². The molecule has 0 amide bonds. The van der Waals surface area contributed by atoms with Gasteiger partial charge in [0.25, 0.3) is 0 Å². The van der Waals surface area contributed by atoms with Crippen molar-refractivity contribution in [2.75, 3.05) is 0 Å². The summed E-state index contributed by atoms with van der Waals surface area (Å²) >= 11 is 3.00. The molecule has 0 fully saturated rings. The molecule has 94 valence electrons. The van der Waals surface area contributed by atoms with Gasteiger partial charge in [0.15, 0.2) is 0 Å². The first kappa shape index (κ1) is 14.3. The Kier molecular flexibility index (Phi) is 4.83. The molecule has 1 atom stereocenters. The maximum Gasteiger partial charge on any atom is 0.143 e. The van der Waals surface area contributed by atoms with E-state index in [0.717, 1.165) is 0 Å². The van der Waals surface area contributed by atoms with Crippen LogP contribution in [0.5, 0.6) is 0 Å². The van der Waals surface area contributed by atoms with Gasteiger partial charge in [-0.3, -0.25) is 0 Å². The molecule has 1 aromatic rings. The van der Waals surface area contributed by atoms with Crippen LogP contribution in [-0.4, -0.2) is 10.7 Å². The highest BCUT2D eigenvalue weighted by Crippen LogP contribution is 2.27. The largest absolute Gasteiger partial charge is 0.390 e. The van der Waals surface area contributed by atoms with Crippen LogP contribution in [0.2, 0.25) is 0 Å². The molecule has 1 rings (SSSR count). The van der Waals surface area contributed by atoms with Gasteiger partial charge in [-0.2, -0.15) is 0 Å². The first-order valence-electron chi connectivity index (χ1n) is 5.33. The Bertz CT molecular complexity index is 416. The minimum absolute atomic E-state index is 0.0576. The molecule has 0 aliphatic carbocycles. The molecule has 0 aliphatic heterocycles. The zero-order valence-corrected chi connectivity index (χ0v) is 11.2. The Labute approximate surface area is 108 Å². The third-order valence-corrected chi connectivity index (χ3v) is 3.20. The van der Waals surface area contributed by atoms with E-state index >= 15 is 0 Å². The number of hydrogen-bond donors (Lipinski definition) is 1. The van der Waals surface area contributed by atoms with Gasteiger partial charge in [-0.05, 0) is 47.8 Å². The van der Waals surface area contributed by atoms with Gasteiger partial charge in [-0.25, -0.2) is 8.78 Å². The molecule has 0 radical (unpaired) electrons. The Balaban J connectivity index is 2.94. The molecule has 0 aromatic heterocycles. The van der Waals surface area contributed by atoms with Crippen molar-refractivity contribution in [3.05, 3.63) is 46.5 Å². The lowest BCUT2D eigenvalue weighted by atomic mass is 9.91. The van der Waals surface area contributed by atoms with Crippen molar-refractivity contribution in [3.8, 4) is 0 Å². The lowest BCUT2D eigenvalue weighted by Gasteiger charge is -2.23. The molecular formula is C13H15BrF2O. The lowest BCUT2D eigenvalue weighted by Crippen LogP contribution is -2.28. The normalized spacial score (nSPS) is 14.4. The van der Waals surface area contributed by atoms with E-state index in [1.165, 1.54) is 12.1 Å². The summed E-state index contributed by atoms with van der Waals surface area (Å²) < 4.78 is 27.4. The Morgan fingerprint density at radius 3 is 2.71 bits per heavy atom. The van der Waals surface area contributed by atoms with Crippen LogP contribution in [-0.2, 0) is 6.42 Å². The van der Waals surface area contributed by atoms with E-state index in [1.54, 1.807) is 13.0 Å². The third-order valence-electron chi connectivity index (χ3n) is 2.58. The van der Waals surface area contributed by atoms with E-state index in [2.05, 4.69) is 22.5 Å². The molecule has 0 saturated carbocycles. The van der Waals surface area contributed by atoms with Crippen LogP contribution in [0, 0.1) is 11.6 Å². The van der Waals surface area contributed by atoms with Crippen LogP contribution >= 0.6 is 15.9 Å². The van der Waals surface area contributed by atoms with Gasteiger partial charge in [-0.1, -0.05) is 6.08 Å². The predicted molar refractivity (Wildman–Crippen MR) is 67.8 cm³/mol. The number of hydrogen-bond acceptors (Lipinski definition) is 1. The fourth-order valence-corrected chi connectivity index (χ4v) is 1.98. The smallest absolute Gasteiger partial charge is 0.143 e. The van der Waals surface area contributed by atoms with Crippen molar-refractivity contribution in [1.82, 2.24) is 0 Å². The summed E-state index contributed by atoms with van der Waals surface area (Å²) in [5.74, 6) is -1.28. The van der Waals surface area contributed by atoms with Gasteiger partial charge in [-0.15, -0.1) is 6.58 Å². The van der Waals surface area contributed by atoms with Gasteiger partial charge in [0.2, 0.25) is 0 Å². The van der Waals surface area contributed by atoms with Crippen molar-refractivity contribution in [3.63, 3.8) is 0 Å². The number of aliphatic hydroxyl groups is 1. The van der Waals surface area contributed by atoms with Crippen molar-refractivity contribution in [1.29, 1.82) is 0 Å². The van der Waals surface area contributed by atoms with Gasteiger partial charge in [0, 0.05) is 12.0 Å². The van der Waals surface area contributed by atoms with Gasteiger partial charge < -0.3 is 5.11 Å². The number of benzene rings is 1. The standard InChI is InChI=1S/C13H15BrF2O/c1-3-4-7-13(2,17)8-9-11(15)6-5-10(14)12(9)16/h3,5-6,17H,1,4,7-8H2,2H3. The molecule has 1 nitrogen and oxygen atoms in total. The van der Waals surface area contributed by atoms with E-state index in [0.29, 0.717) is 12.8 Å². The zero-order valence-electron chi connectivity index (χ0n) is 9.64. The van der Waals surface area contributed by atoms with E-state index in [4.69, 9.17) is 0 Å². The minimum atomic E-state index is -1.14. The second-order valence-electron chi connectivity index (χ2n) is 4.32. The highest BCUT2D eigenvalue weighted by molar-refractivity contribution is 9.10. The van der Waals surface area contributed by atoms with E-state index in [1.807, 2.05) is 0 Å². The van der Waals surface area contributed by atoms with E-state index in [-0.39, 0.29) is 16.5 Å². The van der Waals surface area contributed by atoms with E-state index in [9.17, 15) is 13.9 Å². The van der Waals surface area contributed by atoms with Crippen LogP contribution < -0.4 is 0 Å². The fourth-order valence-electron chi connectivity index (χ4n) is 1.61. The molecule has 4 heteroatoms. The van der Waals surface area contributed by atoms with Crippen molar-refractivity contribution >= 4 is 15.9 Å². The summed E-state index contributed by atoms with van der Waals surface area (Å²) in [4.78, 5) is 0. The summed E-state index contributed by atoms with van der Waals surface area (Å²) in [7, 11) is 0. The monoisotopic (exact) mass is 304 g/mol. The first-order chi connectivity index (χ1) is 7.87. The van der Waals surface area contributed by atoms with Crippen molar-refractivity contribution in [2.45, 2.75) is 31.8 Å².